The third kappa shape index (κ3) is 4.86. The van der Waals surface area contributed by atoms with Crippen molar-refractivity contribution in [2.24, 2.45) is 5.92 Å². The first-order valence-corrected chi connectivity index (χ1v) is 11.7. The molecule has 2 aliphatic rings. The van der Waals surface area contributed by atoms with E-state index in [2.05, 4.69) is 26.7 Å². The van der Waals surface area contributed by atoms with Gasteiger partial charge in [-0.25, -0.2) is 4.39 Å². The fraction of sp³-hybridized carbons (Fsp3) is 0.652. The average molecular weight is 461 g/mol. The number of carbonyl (C=O) groups excluding carboxylic acids is 1. The minimum atomic E-state index is -0.572. The van der Waals surface area contributed by atoms with Crippen molar-refractivity contribution in [1.29, 1.82) is 0 Å². The number of likely N-dealkylation sites (tertiary alicyclic amines) is 2. The standard InChI is InChI=1S/C23H33FN6O3/c1-14(2)20-15(3)21(16(4)24)30(26-20)23-25-22(33-27-23)18-6-8-28(9-7-18)11-17-5-10-29(12-17)19(32)13-31/h14,17-18,31H,4-13H2,1-3H3. The summed E-state index contributed by atoms with van der Waals surface area (Å²) in [7, 11) is 0. The zero-order valence-corrected chi connectivity index (χ0v) is 19.6. The number of aliphatic hydroxyl groups excluding tert-OH is 1. The molecule has 0 saturated carbocycles. The van der Waals surface area contributed by atoms with Crippen LogP contribution in [0.4, 0.5) is 4.39 Å². The first-order valence-electron chi connectivity index (χ1n) is 11.7. The Morgan fingerprint density at radius 1 is 1.27 bits per heavy atom. The molecule has 2 fully saturated rings. The summed E-state index contributed by atoms with van der Waals surface area (Å²) in [5.74, 6) is 0.757. The third-order valence-electron chi connectivity index (χ3n) is 6.81. The Bertz CT molecular complexity index is 1010. The van der Waals surface area contributed by atoms with E-state index < -0.39 is 12.4 Å². The number of amides is 1. The van der Waals surface area contributed by atoms with Gasteiger partial charge in [-0.2, -0.15) is 14.8 Å². The lowest BCUT2D eigenvalue weighted by molar-refractivity contribution is -0.133. The molecule has 1 atom stereocenters. The topological polar surface area (TPSA) is 101 Å². The van der Waals surface area contributed by atoms with Gasteiger partial charge in [-0.05, 0) is 56.3 Å². The van der Waals surface area contributed by atoms with Gasteiger partial charge in [-0.3, -0.25) is 4.79 Å². The second kappa shape index (κ2) is 9.72. The summed E-state index contributed by atoms with van der Waals surface area (Å²) in [5, 5.41) is 17.7. The lowest BCUT2D eigenvalue weighted by atomic mass is 9.95. The maximum atomic E-state index is 14.2. The number of rotatable bonds is 7. The molecular weight excluding hydrogens is 427 g/mol. The van der Waals surface area contributed by atoms with Crippen LogP contribution >= 0.6 is 0 Å². The Labute approximate surface area is 193 Å². The Morgan fingerprint density at radius 3 is 2.64 bits per heavy atom. The monoisotopic (exact) mass is 460 g/mol. The lowest BCUT2D eigenvalue weighted by Crippen LogP contribution is -2.38. The smallest absolute Gasteiger partial charge is 0.291 e. The van der Waals surface area contributed by atoms with E-state index in [0.717, 1.165) is 63.2 Å². The van der Waals surface area contributed by atoms with E-state index >= 15 is 0 Å². The van der Waals surface area contributed by atoms with Crippen LogP contribution in [0.1, 0.15) is 67.8 Å². The number of halogens is 1. The lowest BCUT2D eigenvalue weighted by Gasteiger charge is -2.32. The molecule has 1 amide bonds. The first kappa shape index (κ1) is 23.6. The quantitative estimate of drug-likeness (QED) is 0.678. The molecule has 2 aromatic heterocycles. The van der Waals surface area contributed by atoms with Crippen molar-refractivity contribution >= 4 is 11.7 Å². The number of aliphatic hydroxyl groups is 1. The molecule has 0 radical (unpaired) electrons. The average Bonchev–Trinajstić information content (AvgIpc) is 3.52. The highest BCUT2D eigenvalue weighted by Crippen LogP contribution is 2.31. The van der Waals surface area contributed by atoms with Gasteiger partial charge in [0.25, 0.3) is 5.95 Å². The van der Waals surface area contributed by atoms with Gasteiger partial charge in [0.2, 0.25) is 11.8 Å². The zero-order valence-electron chi connectivity index (χ0n) is 19.6. The Balaban J connectivity index is 1.38. The van der Waals surface area contributed by atoms with Crippen LogP contribution in [-0.2, 0) is 4.79 Å². The Morgan fingerprint density at radius 2 is 2.00 bits per heavy atom. The summed E-state index contributed by atoms with van der Waals surface area (Å²) in [4.78, 5) is 20.4. The van der Waals surface area contributed by atoms with Crippen molar-refractivity contribution in [3.05, 3.63) is 29.4 Å². The van der Waals surface area contributed by atoms with E-state index in [1.54, 1.807) is 4.90 Å². The molecule has 0 aliphatic carbocycles. The minimum Gasteiger partial charge on any atom is -0.387 e. The summed E-state index contributed by atoms with van der Waals surface area (Å²) in [6.07, 6.45) is 2.76. The molecule has 180 valence electrons. The maximum absolute atomic E-state index is 14.2. The van der Waals surface area contributed by atoms with Gasteiger partial charge in [-0.15, -0.1) is 0 Å². The maximum Gasteiger partial charge on any atom is 0.291 e. The number of carbonyl (C=O) groups is 1. The molecule has 4 rings (SSSR count). The molecule has 4 heterocycles. The van der Waals surface area contributed by atoms with Gasteiger partial charge in [-0.1, -0.05) is 20.4 Å². The van der Waals surface area contributed by atoms with E-state index in [1.165, 1.54) is 4.68 Å². The molecular formula is C23H33FN6O3. The van der Waals surface area contributed by atoms with Gasteiger partial charge >= 0.3 is 0 Å². The Kier molecular flexibility index (Phi) is 6.94. The van der Waals surface area contributed by atoms with E-state index in [0.29, 0.717) is 11.8 Å². The molecule has 2 aliphatic heterocycles. The van der Waals surface area contributed by atoms with Crippen molar-refractivity contribution in [3.63, 3.8) is 0 Å². The van der Waals surface area contributed by atoms with Crippen LogP contribution in [-0.4, -0.2) is 80.1 Å². The molecule has 1 unspecified atom stereocenters. The van der Waals surface area contributed by atoms with Crippen molar-refractivity contribution in [2.45, 2.75) is 51.9 Å². The number of hydrogen-bond acceptors (Lipinski definition) is 7. The number of nitrogens with zero attached hydrogens (tertiary/aromatic N) is 6. The van der Waals surface area contributed by atoms with Crippen molar-refractivity contribution in [3.8, 4) is 5.95 Å². The summed E-state index contributed by atoms with van der Waals surface area (Å²) in [5.41, 5.74) is 1.81. The minimum absolute atomic E-state index is 0.133. The fourth-order valence-corrected chi connectivity index (χ4v) is 5.04. The van der Waals surface area contributed by atoms with Crippen molar-refractivity contribution in [2.75, 3.05) is 39.3 Å². The van der Waals surface area contributed by atoms with Crippen LogP contribution in [0, 0.1) is 12.8 Å². The molecule has 0 aromatic carbocycles. The molecule has 0 spiro atoms. The van der Waals surface area contributed by atoms with E-state index in [9.17, 15) is 9.18 Å². The highest BCUT2D eigenvalue weighted by molar-refractivity contribution is 5.77. The van der Waals surface area contributed by atoms with E-state index in [1.807, 2.05) is 20.8 Å². The number of piperidine rings is 1. The second-order valence-electron chi connectivity index (χ2n) is 9.49. The molecule has 0 bridgehead atoms. The molecule has 2 saturated heterocycles. The van der Waals surface area contributed by atoms with Crippen LogP contribution in [0.3, 0.4) is 0 Å². The van der Waals surface area contributed by atoms with Crippen molar-refractivity contribution in [1.82, 2.24) is 29.7 Å². The van der Waals surface area contributed by atoms with Gasteiger partial charge in [0.05, 0.1) is 5.69 Å². The van der Waals surface area contributed by atoms with Crippen molar-refractivity contribution < 1.29 is 18.8 Å². The predicted molar refractivity (Wildman–Crippen MR) is 121 cm³/mol. The molecule has 2 aromatic rings. The molecule has 1 N–H and O–H groups in total. The van der Waals surface area contributed by atoms with Crippen LogP contribution in [0.2, 0.25) is 0 Å². The molecule has 33 heavy (non-hydrogen) atoms. The second-order valence-corrected chi connectivity index (χ2v) is 9.49. The highest BCUT2D eigenvalue weighted by Gasteiger charge is 2.31. The summed E-state index contributed by atoms with van der Waals surface area (Å²) in [6.45, 7) is 13.1. The van der Waals surface area contributed by atoms with Crippen LogP contribution in [0.15, 0.2) is 11.1 Å². The Hall–Kier alpha value is -2.59. The molecule has 10 heteroatoms. The van der Waals surface area contributed by atoms with Gasteiger partial charge < -0.3 is 19.4 Å². The summed E-state index contributed by atoms with van der Waals surface area (Å²) >= 11 is 0. The third-order valence-corrected chi connectivity index (χ3v) is 6.81. The predicted octanol–water partition coefficient (Wildman–Crippen LogP) is 2.65. The number of hydrogen-bond donors (Lipinski definition) is 1. The van der Waals surface area contributed by atoms with Crippen LogP contribution in [0.5, 0.6) is 0 Å². The van der Waals surface area contributed by atoms with Crippen LogP contribution < -0.4 is 0 Å². The zero-order chi connectivity index (χ0) is 23.7. The SMILES string of the molecule is C=C(F)c1c(C)c(C(C)C)nn1-c1noc(C2CCN(CC3CCN(C(=O)CO)C3)CC2)n1. The van der Waals surface area contributed by atoms with Gasteiger partial charge in [0.15, 0.2) is 0 Å². The summed E-state index contributed by atoms with van der Waals surface area (Å²) < 4.78 is 21.2. The first-order chi connectivity index (χ1) is 15.8. The van der Waals surface area contributed by atoms with Crippen LogP contribution in [0.25, 0.3) is 11.8 Å². The van der Waals surface area contributed by atoms with E-state index in [-0.39, 0.29) is 29.4 Å². The fourth-order valence-electron chi connectivity index (χ4n) is 5.04. The van der Waals surface area contributed by atoms with Gasteiger partial charge in [0.1, 0.15) is 18.1 Å². The largest absolute Gasteiger partial charge is 0.387 e. The van der Waals surface area contributed by atoms with E-state index in [4.69, 9.17) is 9.63 Å². The van der Waals surface area contributed by atoms with Gasteiger partial charge in [0, 0.05) is 31.1 Å². The summed E-state index contributed by atoms with van der Waals surface area (Å²) in [6, 6.07) is 0. The normalized spacial score (nSPS) is 20.2. The highest BCUT2D eigenvalue weighted by atomic mass is 19.1. The number of aromatic nitrogens is 4. The molecule has 9 nitrogen and oxygen atoms in total.